The predicted molar refractivity (Wildman–Crippen MR) is 89.6 cm³/mol. The van der Waals surface area contributed by atoms with Crippen LogP contribution in [0.4, 0.5) is 0 Å². The molecule has 0 unspecified atom stereocenters. The summed E-state index contributed by atoms with van der Waals surface area (Å²) in [6, 6.07) is 8.08. The fourth-order valence-electron chi connectivity index (χ4n) is 2.00. The molecule has 1 fully saturated rings. The van der Waals surface area contributed by atoms with E-state index < -0.39 is 0 Å². The highest BCUT2D eigenvalue weighted by atomic mass is 127. The fourth-order valence-corrected chi connectivity index (χ4v) is 3.32. The predicted octanol–water partition coefficient (Wildman–Crippen LogP) is 2.59. The van der Waals surface area contributed by atoms with Crippen molar-refractivity contribution in [3.05, 3.63) is 38.3 Å². The van der Waals surface area contributed by atoms with Crippen molar-refractivity contribution in [1.29, 1.82) is 0 Å². The second-order valence-corrected chi connectivity index (χ2v) is 6.72. The van der Waals surface area contributed by atoms with Crippen LogP contribution in [0.2, 0.25) is 0 Å². The molecule has 3 rings (SSSR count). The zero-order valence-corrected chi connectivity index (χ0v) is 13.7. The summed E-state index contributed by atoms with van der Waals surface area (Å²) in [7, 11) is 0. The van der Waals surface area contributed by atoms with Gasteiger partial charge in [0.25, 0.3) is 5.91 Å². The maximum absolute atomic E-state index is 12.0. The monoisotopic (exact) mass is 400 g/mol. The molecule has 2 aliphatic rings. The summed E-state index contributed by atoms with van der Waals surface area (Å²) in [4.78, 5) is 18.9. The number of benzene rings is 1. The van der Waals surface area contributed by atoms with Gasteiger partial charge in [0.1, 0.15) is 0 Å². The lowest BCUT2D eigenvalue weighted by molar-refractivity contribution is -0.113. The van der Waals surface area contributed by atoms with E-state index in [1.165, 1.54) is 15.3 Å². The number of amidine groups is 1. The molecule has 0 bridgehead atoms. The van der Waals surface area contributed by atoms with Crippen molar-refractivity contribution in [2.24, 2.45) is 4.99 Å². The molecule has 1 amide bonds. The van der Waals surface area contributed by atoms with E-state index in [0.717, 1.165) is 23.8 Å². The topological polar surface area (TPSA) is 41.9 Å². The number of rotatable bonds is 1. The first-order valence-electron chi connectivity index (χ1n) is 6.33. The molecule has 6 heteroatoms. The first kappa shape index (κ1) is 14.1. The van der Waals surface area contributed by atoms with E-state index in [-0.39, 0.29) is 5.91 Å². The molecule has 0 N–H and O–H groups in total. The van der Waals surface area contributed by atoms with Crippen LogP contribution in [0, 0.1) is 3.57 Å². The second kappa shape index (κ2) is 6.28. The SMILES string of the molecule is O=C1N=C(N2CCOCC2)SC1=Cc1ccc(I)cc1. The molecule has 1 aromatic rings. The molecule has 2 heterocycles. The van der Waals surface area contributed by atoms with Gasteiger partial charge in [-0.05, 0) is 58.1 Å². The van der Waals surface area contributed by atoms with Gasteiger partial charge in [-0.15, -0.1) is 0 Å². The van der Waals surface area contributed by atoms with Gasteiger partial charge < -0.3 is 9.64 Å². The number of thioether (sulfide) groups is 1. The van der Waals surface area contributed by atoms with Gasteiger partial charge in [-0.3, -0.25) is 4.79 Å². The molecule has 2 aliphatic heterocycles. The van der Waals surface area contributed by atoms with Gasteiger partial charge in [0, 0.05) is 16.7 Å². The average Bonchev–Trinajstić information content (AvgIpc) is 2.84. The van der Waals surface area contributed by atoms with Crippen LogP contribution < -0.4 is 0 Å². The molecule has 1 saturated heterocycles. The van der Waals surface area contributed by atoms with Crippen molar-refractivity contribution < 1.29 is 9.53 Å². The van der Waals surface area contributed by atoms with Crippen LogP contribution in [-0.4, -0.2) is 42.3 Å². The minimum Gasteiger partial charge on any atom is -0.378 e. The van der Waals surface area contributed by atoms with E-state index in [2.05, 4.69) is 32.5 Å². The maximum atomic E-state index is 12.0. The lowest BCUT2D eigenvalue weighted by atomic mass is 10.2. The third kappa shape index (κ3) is 3.24. The Balaban J connectivity index is 1.74. The third-order valence-electron chi connectivity index (χ3n) is 3.06. The molecule has 0 spiro atoms. The highest BCUT2D eigenvalue weighted by Gasteiger charge is 2.26. The van der Waals surface area contributed by atoms with E-state index in [4.69, 9.17) is 4.74 Å². The average molecular weight is 400 g/mol. The van der Waals surface area contributed by atoms with Crippen LogP contribution in [0.3, 0.4) is 0 Å². The summed E-state index contributed by atoms with van der Waals surface area (Å²) in [5, 5.41) is 0.801. The van der Waals surface area contributed by atoms with Gasteiger partial charge in [0.05, 0.1) is 18.1 Å². The van der Waals surface area contributed by atoms with Crippen LogP contribution in [0.15, 0.2) is 34.2 Å². The summed E-state index contributed by atoms with van der Waals surface area (Å²) < 4.78 is 6.49. The summed E-state index contributed by atoms with van der Waals surface area (Å²) in [5.74, 6) is -0.143. The quantitative estimate of drug-likeness (QED) is 0.537. The number of nitrogens with zero attached hydrogens (tertiary/aromatic N) is 2. The highest BCUT2D eigenvalue weighted by Crippen LogP contribution is 2.30. The highest BCUT2D eigenvalue weighted by molar-refractivity contribution is 14.1. The van der Waals surface area contributed by atoms with Gasteiger partial charge in [0.15, 0.2) is 5.17 Å². The molecule has 0 aromatic heterocycles. The number of aliphatic imine (C=N–C) groups is 1. The number of hydrogen-bond acceptors (Lipinski definition) is 4. The molecule has 0 aliphatic carbocycles. The van der Waals surface area contributed by atoms with Crippen molar-refractivity contribution >= 4 is 51.5 Å². The smallest absolute Gasteiger partial charge is 0.286 e. The molecule has 0 saturated carbocycles. The zero-order valence-electron chi connectivity index (χ0n) is 10.7. The van der Waals surface area contributed by atoms with Gasteiger partial charge in [-0.25, -0.2) is 0 Å². The van der Waals surface area contributed by atoms with E-state index >= 15 is 0 Å². The Bertz CT molecular complexity index is 577. The molecule has 0 radical (unpaired) electrons. The molecule has 104 valence electrons. The molecule has 4 nitrogen and oxygen atoms in total. The Kier molecular flexibility index (Phi) is 4.42. The lowest BCUT2D eigenvalue weighted by Gasteiger charge is -2.27. The van der Waals surface area contributed by atoms with Gasteiger partial charge in [-0.2, -0.15) is 4.99 Å². The Morgan fingerprint density at radius 3 is 2.65 bits per heavy atom. The van der Waals surface area contributed by atoms with Crippen molar-refractivity contribution in [3.63, 3.8) is 0 Å². The Morgan fingerprint density at radius 1 is 1.25 bits per heavy atom. The number of carbonyl (C=O) groups is 1. The summed E-state index contributed by atoms with van der Waals surface area (Å²) in [6.45, 7) is 3.00. The number of hydrogen-bond donors (Lipinski definition) is 0. The third-order valence-corrected chi connectivity index (χ3v) is 4.82. The normalized spacial score (nSPS) is 21.4. The zero-order chi connectivity index (χ0) is 13.9. The van der Waals surface area contributed by atoms with Crippen molar-refractivity contribution in [2.75, 3.05) is 26.3 Å². The van der Waals surface area contributed by atoms with Crippen LogP contribution in [-0.2, 0) is 9.53 Å². The van der Waals surface area contributed by atoms with E-state index in [1.807, 2.05) is 30.3 Å². The maximum Gasteiger partial charge on any atom is 0.286 e. The Hall–Kier alpha value is -0.860. The summed E-state index contributed by atoms with van der Waals surface area (Å²) in [5.41, 5.74) is 1.03. The van der Waals surface area contributed by atoms with Gasteiger partial charge in [-0.1, -0.05) is 12.1 Å². The van der Waals surface area contributed by atoms with Crippen LogP contribution in [0.1, 0.15) is 5.56 Å². The van der Waals surface area contributed by atoms with Crippen molar-refractivity contribution in [2.45, 2.75) is 0 Å². The first-order valence-corrected chi connectivity index (χ1v) is 8.23. The standard InChI is InChI=1S/C14H13IN2O2S/c15-11-3-1-10(2-4-11)9-12-13(18)16-14(20-12)17-5-7-19-8-6-17/h1-4,9H,5-8H2. The van der Waals surface area contributed by atoms with E-state index in [0.29, 0.717) is 18.1 Å². The van der Waals surface area contributed by atoms with Gasteiger partial charge in [0.2, 0.25) is 0 Å². The van der Waals surface area contributed by atoms with Crippen LogP contribution >= 0.6 is 34.4 Å². The van der Waals surface area contributed by atoms with E-state index in [1.54, 1.807) is 0 Å². The van der Waals surface area contributed by atoms with E-state index in [9.17, 15) is 4.79 Å². The number of carbonyl (C=O) groups excluding carboxylic acids is 1. The first-order chi connectivity index (χ1) is 9.72. The number of ether oxygens (including phenoxy) is 1. The fraction of sp³-hybridized carbons (Fsp3) is 0.286. The van der Waals surface area contributed by atoms with Crippen molar-refractivity contribution in [1.82, 2.24) is 4.90 Å². The number of morpholine rings is 1. The minimum atomic E-state index is -0.143. The lowest BCUT2D eigenvalue weighted by Crippen LogP contribution is -2.38. The molecular weight excluding hydrogens is 387 g/mol. The summed E-state index contributed by atoms with van der Waals surface area (Å²) in [6.07, 6.45) is 1.90. The number of halogens is 1. The number of amides is 1. The van der Waals surface area contributed by atoms with Crippen molar-refractivity contribution in [3.8, 4) is 0 Å². The molecule has 20 heavy (non-hydrogen) atoms. The minimum absolute atomic E-state index is 0.143. The largest absolute Gasteiger partial charge is 0.378 e. The second-order valence-electron chi connectivity index (χ2n) is 4.46. The Morgan fingerprint density at radius 2 is 1.95 bits per heavy atom. The van der Waals surface area contributed by atoms with Crippen LogP contribution in [0.25, 0.3) is 6.08 Å². The molecule has 1 aromatic carbocycles. The summed E-state index contributed by atoms with van der Waals surface area (Å²) >= 11 is 3.72. The molecule has 0 atom stereocenters. The van der Waals surface area contributed by atoms with Gasteiger partial charge >= 0.3 is 0 Å². The molecular formula is C14H13IN2O2S. The van der Waals surface area contributed by atoms with Crippen LogP contribution in [0.5, 0.6) is 0 Å². The Labute approximate surface area is 135 Å².